The van der Waals surface area contributed by atoms with E-state index < -0.39 is 0 Å². The van der Waals surface area contributed by atoms with Crippen LogP contribution < -0.4 is 4.90 Å². The highest BCUT2D eigenvalue weighted by atomic mass is 35.5. The van der Waals surface area contributed by atoms with Crippen molar-refractivity contribution in [1.82, 2.24) is 14.9 Å². The second-order valence-corrected chi connectivity index (χ2v) is 4.55. The molecule has 0 radical (unpaired) electrons. The molecule has 122 valence electrons. The summed E-state index contributed by atoms with van der Waals surface area (Å²) in [6.07, 6.45) is 3.64. The Hall–Kier alpha value is -1.36. The fourth-order valence-electron chi connectivity index (χ4n) is 2.15. The Morgan fingerprint density at radius 1 is 0.773 bits per heavy atom. The van der Waals surface area contributed by atoms with Crippen LogP contribution in [0.25, 0.3) is 0 Å². The summed E-state index contributed by atoms with van der Waals surface area (Å²) in [7, 11) is 0. The van der Waals surface area contributed by atoms with Gasteiger partial charge in [0.2, 0.25) is 0 Å². The van der Waals surface area contributed by atoms with Gasteiger partial charge in [0.05, 0.1) is 0 Å². The van der Waals surface area contributed by atoms with Gasteiger partial charge in [-0.3, -0.25) is 0 Å². The van der Waals surface area contributed by atoms with Gasteiger partial charge in [0.25, 0.3) is 0 Å². The third kappa shape index (κ3) is 5.79. The summed E-state index contributed by atoms with van der Waals surface area (Å²) in [5.74, 6) is 1.89. The summed E-state index contributed by atoms with van der Waals surface area (Å²) in [4.78, 5) is 13.5. The van der Waals surface area contributed by atoms with Crippen molar-refractivity contribution in [2.45, 2.75) is 13.8 Å². The molecule has 2 rings (SSSR count). The predicted octanol–water partition coefficient (Wildman–Crippen LogP) is 3.80. The van der Waals surface area contributed by atoms with Crippen LogP contribution in [0.3, 0.4) is 0 Å². The molecule has 0 fully saturated rings. The lowest BCUT2D eigenvalue weighted by Crippen LogP contribution is -2.33. The molecule has 0 amide bonds. The van der Waals surface area contributed by atoms with Crippen molar-refractivity contribution in [3.05, 3.63) is 48.8 Å². The third-order valence-corrected chi connectivity index (χ3v) is 3.39. The minimum absolute atomic E-state index is 0. The lowest BCUT2D eigenvalue weighted by molar-refractivity contribution is 0.312. The van der Waals surface area contributed by atoms with Crippen molar-refractivity contribution in [2.75, 3.05) is 31.1 Å². The smallest absolute Gasteiger partial charge is 0.134 e. The Bertz CT molecular complexity index is 453. The molecule has 2 aromatic rings. The Morgan fingerprint density at radius 3 is 1.64 bits per heavy atom. The molecule has 0 N–H and O–H groups in total. The molecule has 0 spiro atoms. The highest BCUT2D eigenvalue weighted by Crippen LogP contribution is 2.20. The quantitative estimate of drug-likeness (QED) is 0.765. The second kappa shape index (κ2) is 11.2. The van der Waals surface area contributed by atoms with Crippen LogP contribution >= 0.6 is 24.8 Å². The third-order valence-electron chi connectivity index (χ3n) is 3.39. The van der Waals surface area contributed by atoms with Crippen LogP contribution in [0.15, 0.2) is 48.8 Å². The van der Waals surface area contributed by atoms with Crippen molar-refractivity contribution in [3.8, 4) is 0 Å². The number of hydrogen-bond acceptors (Lipinski definition) is 4. The van der Waals surface area contributed by atoms with Gasteiger partial charge in [-0.25, -0.2) is 9.97 Å². The van der Waals surface area contributed by atoms with E-state index in [1.165, 1.54) is 0 Å². The molecule has 0 aliphatic rings. The zero-order valence-electron chi connectivity index (χ0n) is 13.1. The van der Waals surface area contributed by atoms with Gasteiger partial charge in [-0.05, 0) is 37.4 Å². The fourth-order valence-corrected chi connectivity index (χ4v) is 2.15. The molecule has 0 saturated heterocycles. The van der Waals surface area contributed by atoms with Crippen molar-refractivity contribution < 1.29 is 0 Å². The molecule has 4 nitrogen and oxygen atoms in total. The molecule has 0 atom stereocenters. The van der Waals surface area contributed by atoms with Crippen LogP contribution in [0, 0.1) is 0 Å². The molecule has 2 aromatic heterocycles. The number of nitrogens with zero attached hydrogens (tertiary/aromatic N) is 4. The topological polar surface area (TPSA) is 32.3 Å². The van der Waals surface area contributed by atoms with Gasteiger partial charge in [0, 0.05) is 25.5 Å². The molecule has 2 heterocycles. The monoisotopic (exact) mass is 342 g/mol. The Balaban J connectivity index is 0.00000220. The van der Waals surface area contributed by atoms with E-state index in [9.17, 15) is 0 Å². The Morgan fingerprint density at radius 2 is 1.27 bits per heavy atom. The van der Waals surface area contributed by atoms with E-state index in [2.05, 4.69) is 33.6 Å². The number of pyridine rings is 2. The van der Waals surface area contributed by atoms with E-state index in [0.717, 1.165) is 37.8 Å². The van der Waals surface area contributed by atoms with Gasteiger partial charge >= 0.3 is 0 Å². The van der Waals surface area contributed by atoms with Crippen LogP contribution in [-0.4, -0.2) is 41.0 Å². The standard InChI is InChI=1S/C16H22N4.2ClH/c1-3-19(4-2)13-14-20(15-9-5-7-11-17-15)16-10-6-8-12-18-16;;/h5-12H,3-4,13-14H2,1-2H3;2*1H. The molecule has 0 aliphatic carbocycles. The summed E-state index contributed by atoms with van der Waals surface area (Å²) in [6.45, 7) is 8.39. The van der Waals surface area contributed by atoms with Gasteiger partial charge in [-0.1, -0.05) is 26.0 Å². The molecule has 0 saturated carbocycles. The molecular weight excluding hydrogens is 319 g/mol. The zero-order valence-corrected chi connectivity index (χ0v) is 14.7. The van der Waals surface area contributed by atoms with E-state index in [1.54, 1.807) is 0 Å². The average molecular weight is 343 g/mol. The molecule has 0 aliphatic heterocycles. The number of rotatable bonds is 7. The van der Waals surface area contributed by atoms with Gasteiger partial charge in [-0.2, -0.15) is 0 Å². The summed E-state index contributed by atoms with van der Waals surface area (Å²) >= 11 is 0. The van der Waals surface area contributed by atoms with E-state index in [-0.39, 0.29) is 24.8 Å². The molecule has 0 unspecified atom stereocenters. The fraction of sp³-hybridized carbons (Fsp3) is 0.375. The second-order valence-electron chi connectivity index (χ2n) is 4.55. The van der Waals surface area contributed by atoms with E-state index >= 15 is 0 Å². The molecule has 6 heteroatoms. The number of hydrogen-bond donors (Lipinski definition) is 0. The number of anilines is 2. The number of halogens is 2. The van der Waals surface area contributed by atoms with Gasteiger partial charge < -0.3 is 9.80 Å². The van der Waals surface area contributed by atoms with Gasteiger partial charge in [0.15, 0.2) is 0 Å². The van der Waals surface area contributed by atoms with Crippen molar-refractivity contribution >= 4 is 36.4 Å². The first-order valence-corrected chi connectivity index (χ1v) is 7.17. The first-order valence-electron chi connectivity index (χ1n) is 7.17. The van der Waals surface area contributed by atoms with E-state index in [1.807, 2.05) is 48.8 Å². The lowest BCUT2D eigenvalue weighted by Gasteiger charge is -2.26. The maximum absolute atomic E-state index is 4.45. The first-order chi connectivity index (χ1) is 9.85. The van der Waals surface area contributed by atoms with Crippen molar-refractivity contribution in [1.29, 1.82) is 0 Å². The number of aromatic nitrogens is 2. The largest absolute Gasteiger partial charge is 0.310 e. The van der Waals surface area contributed by atoms with Crippen LogP contribution in [0.2, 0.25) is 0 Å². The summed E-state index contributed by atoms with van der Waals surface area (Å²) < 4.78 is 0. The molecular formula is C16H24Cl2N4. The first kappa shape index (κ1) is 20.6. The van der Waals surface area contributed by atoms with E-state index in [4.69, 9.17) is 0 Å². The molecule has 0 bridgehead atoms. The summed E-state index contributed by atoms with van der Waals surface area (Å²) in [5, 5.41) is 0. The van der Waals surface area contributed by atoms with Crippen LogP contribution in [0.5, 0.6) is 0 Å². The molecule has 0 aromatic carbocycles. The van der Waals surface area contributed by atoms with Crippen LogP contribution in [0.1, 0.15) is 13.8 Å². The van der Waals surface area contributed by atoms with Crippen molar-refractivity contribution in [2.24, 2.45) is 0 Å². The van der Waals surface area contributed by atoms with Crippen LogP contribution in [-0.2, 0) is 0 Å². The average Bonchev–Trinajstić information content (AvgIpc) is 2.53. The van der Waals surface area contributed by atoms with Crippen LogP contribution in [0.4, 0.5) is 11.6 Å². The minimum Gasteiger partial charge on any atom is -0.310 e. The summed E-state index contributed by atoms with van der Waals surface area (Å²) in [5.41, 5.74) is 0. The maximum Gasteiger partial charge on any atom is 0.134 e. The Labute approximate surface area is 145 Å². The zero-order chi connectivity index (χ0) is 14.2. The lowest BCUT2D eigenvalue weighted by atomic mass is 10.3. The Kier molecular flexibility index (Phi) is 10.5. The van der Waals surface area contributed by atoms with Crippen molar-refractivity contribution in [3.63, 3.8) is 0 Å². The number of likely N-dealkylation sites (N-methyl/N-ethyl adjacent to an activating group) is 1. The highest BCUT2D eigenvalue weighted by molar-refractivity contribution is 5.85. The highest BCUT2D eigenvalue weighted by Gasteiger charge is 2.12. The summed E-state index contributed by atoms with van der Waals surface area (Å²) in [6, 6.07) is 11.9. The SMILES string of the molecule is CCN(CC)CCN(c1ccccn1)c1ccccn1.Cl.Cl. The van der Waals surface area contributed by atoms with E-state index in [0.29, 0.717) is 0 Å². The minimum atomic E-state index is 0. The molecule has 22 heavy (non-hydrogen) atoms. The van der Waals surface area contributed by atoms with Gasteiger partial charge in [0.1, 0.15) is 11.6 Å². The van der Waals surface area contributed by atoms with Gasteiger partial charge in [-0.15, -0.1) is 24.8 Å². The maximum atomic E-state index is 4.45. The normalized spacial score (nSPS) is 9.77. The predicted molar refractivity (Wildman–Crippen MR) is 97.8 cm³/mol.